The summed E-state index contributed by atoms with van der Waals surface area (Å²) >= 11 is 5.83. The van der Waals surface area contributed by atoms with Crippen LogP contribution in [0.15, 0.2) is 24.3 Å². The number of amides is 3. The van der Waals surface area contributed by atoms with Crippen LogP contribution >= 0.6 is 11.6 Å². The van der Waals surface area contributed by atoms with Crippen LogP contribution in [-0.4, -0.2) is 43.9 Å². The Morgan fingerprint density at radius 3 is 2.42 bits per heavy atom. The minimum Gasteiger partial charge on any atom is -0.334 e. The van der Waals surface area contributed by atoms with Gasteiger partial charge in [0.2, 0.25) is 5.91 Å². The van der Waals surface area contributed by atoms with Gasteiger partial charge in [0.05, 0.1) is 11.5 Å². The van der Waals surface area contributed by atoms with E-state index >= 15 is 0 Å². The second-order valence-electron chi connectivity index (χ2n) is 6.90. The molecule has 1 aromatic rings. The lowest BCUT2D eigenvalue weighted by Gasteiger charge is -2.21. The first-order chi connectivity index (χ1) is 12.1. The van der Waals surface area contributed by atoms with Crippen molar-refractivity contribution in [1.29, 1.82) is 0 Å². The number of rotatable bonds is 6. The first-order valence-corrected chi connectivity index (χ1v) is 10.7. The van der Waals surface area contributed by atoms with E-state index in [2.05, 4.69) is 16.0 Å². The van der Waals surface area contributed by atoms with E-state index in [1.165, 1.54) is 0 Å². The van der Waals surface area contributed by atoms with E-state index in [1.54, 1.807) is 24.3 Å². The van der Waals surface area contributed by atoms with E-state index in [0.29, 0.717) is 23.6 Å². The van der Waals surface area contributed by atoms with E-state index in [4.69, 9.17) is 11.6 Å². The predicted molar refractivity (Wildman–Crippen MR) is 102 cm³/mol. The molecule has 2 unspecified atom stereocenters. The largest absolute Gasteiger partial charge is 0.334 e. The molecule has 7 nitrogen and oxygen atoms in total. The summed E-state index contributed by atoms with van der Waals surface area (Å²) in [6.45, 7) is 3.90. The number of carbonyl (C=O) groups is 2. The van der Waals surface area contributed by atoms with Gasteiger partial charge in [-0.05, 0) is 43.0 Å². The molecule has 0 aliphatic carbocycles. The van der Waals surface area contributed by atoms with E-state index in [1.807, 2.05) is 13.8 Å². The summed E-state index contributed by atoms with van der Waals surface area (Å²) in [6, 6.07) is 4.99. The molecule has 2 atom stereocenters. The van der Waals surface area contributed by atoms with Crippen LogP contribution in [0.1, 0.15) is 26.7 Å². The van der Waals surface area contributed by atoms with E-state index in [-0.39, 0.29) is 23.3 Å². The Labute approximate surface area is 158 Å². The lowest BCUT2D eigenvalue weighted by Crippen LogP contribution is -2.51. The van der Waals surface area contributed by atoms with Gasteiger partial charge in [0.1, 0.15) is 6.04 Å². The molecule has 0 saturated carbocycles. The van der Waals surface area contributed by atoms with Gasteiger partial charge in [-0.2, -0.15) is 0 Å². The molecule has 1 aliphatic heterocycles. The predicted octanol–water partition coefficient (Wildman–Crippen LogP) is 2.18. The molecule has 1 aliphatic rings. The molecule has 0 aromatic heterocycles. The van der Waals surface area contributed by atoms with Crippen LogP contribution in [0.4, 0.5) is 10.5 Å². The molecule has 9 heteroatoms. The third-order valence-electron chi connectivity index (χ3n) is 4.01. The fourth-order valence-electron chi connectivity index (χ4n) is 2.76. The van der Waals surface area contributed by atoms with Gasteiger partial charge >= 0.3 is 6.03 Å². The first-order valence-electron chi connectivity index (χ1n) is 8.48. The third kappa shape index (κ3) is 6.49. The fraction of sp³-hybridized carbons (Fsp3) is 0.529. The molecular weight excluding hydrogens is 378 g/mol. The molecule has 0 radical (unpaired) electrons. The maximum Gasteiger partial charge on any atom is 0.315 e. The molecule has 3 N–H and O–H groups in total. The molecule has 0 spiro atoms. The highest BCUT2D eigenvalue weighted by Gasteiger charge is 2.30. The van der Waals surface area contributed by atoms with Gasteiger partial charge in [-0.25, -0.2) is 13.2 Å². The SMILES string of the molecule is CC(C)CC(NC(=O)NC1CCS(=O)(=O)C1)C(=O)Nc1ccc(Cl)cc1. The third-order valence-corrected chi connectivity index (χ3v) is 6.03. The number of halogens is 1. The lowest BCUT2D eigenvalue weighted by atomic mass is 10.0. The minimum atomic E-state index is -3.08. The Morgan fingerprint density at radius 2 is 1.88 bits per heavy atom. The summed E-state index contributed by atoms with van der Waals surface area (Å²) in [5.41, 5.74) is 0.581. The van der Waals surface area contributed by atoms with Gasteiger partial charge in [0.25, 0.3) is 0 Å². The maximum absolute atomic E-state index is 12.5. The molecule has 2 rings (SSSR count). The van der Waals surface area contributed by atoms with E-state index in [0.717, 1.165) is 0 Å². The highest BCUT2D eigenvalue weighted by atomic mass is 35.5. The van der Waals surface area contributed by atoms with Crippen LogP contribution in [0.3, 0.4) is 0 Å². The van der Waals surface area contributed by atoms with Gasteiger partial charge in [-0.3, -0.25) is 4.79 Å². The number of benzene rings is 1. The van der Waals surface area contributed by atoms with Crippen molar-refractivity contribution in [1.82, 2.24) is 10.6 Å². The lowest BCUT2D eigenvalue weighted by molar-refractivity contribution is -0.118. The van der Waals surface area contributed by atoms with Crippen LogP contribution in [0.2, 0.25) is 5.02 Å². The fourth-order valence-corrected chi connectivity index (χ4v) is 4.56. The number of hydrogen-bond donors (Lipinski definition) is 3. The number of nitrogens with one attached hydrogen (secondary N) is 3. The Hall–Kier alpha value is -1.80. The average Bonchev–Trinajstić information content (AvgIpc) is 2.87. The topological polar surface area (TPSA) is 104 Å². The van der Waals surface area contributed by atoms with Crippen molar-refractivity contribution < 1.29 is 18.0 Å². The van der Waals surface area contributed by atoms with Crippen LogP contribution in [0, 0.1) is 5.92 Å². The standard InChI is InChI=1S/C17H24ClN3O4S/c1-11(2)9-15(16(22)19-13-5-3-12(18)4-6-13)21-17(23)20-14-7-8-26(24,25)10-14/h3-6,11,14-15H,7-10H2,1-2H3,(H,19,22)(H2,20,21,23). The first kappa shape index (κ1) is 20.5. The average molecular weight is 402 g/mol. The molecule has 1 aromatic carbocycles. The zero-order valence-corrected chi connectivity index (χ0v) is 16.4. The minimum absolute atomic E-state index is 0.0633. The van der Waals surface area contributed by atoms with E-state index in [9.17, 15) is 18.0 Å². The van der Waals surface area contributed by atoms with Gasteiger partial charge in [0.15, 0.2) is 9.84 Å². The Balaban J connectivity index is 1.96. The van der Waals surface area contributed by atoms with Crippen LogP contribution < -0.4 is 16.0 Å². The summed E-state index contributed by atoms with van der Waals surface area (Å²) in [5, 5.41) is 8.60. The molecular formula is C17H24ClN3O4S. The second kappa shape index (κ2) is 8.73. The molecule has 26 heavy (non-hydrogen) atoms. The molecule has 144 valence electrons. The normalized spacial score (nSPS) is 19.8. The molecule has 3 amide bonds. The van der Waals surface area contributed by atoms with Crippen molar-refractivity contribution >= 4 is 39.1 Å². The molecule has 1 fully saturated rings. The van der Waals surface area contributed by atoms with Crippen molar-refractivity contribution in [3.8, 4) is 0 Å². The zero-order chi connectivity index (χ0) is 19.3. The summed E-state index contributed by atoms with van der Waals surface area (Å²) in [5.74, 6) is -0.144. The smallest absolute Gasteiger partial charge is 0.315 e. The summed E-state index contributed by atoms with van der Waals surface area (Å²) in [7, 11) is -3.08. The van der Waals surface area contributed by atoms with Crippen LogP contribution in [0.25, 0.3) is 0 Å². The van der Waals surface area contributed by atoms with Crippen LogP contribution in [0.5, 0.6) is 0 Å². The monoisotopic (exact) mass is 401 g/mol. The number of anilines is 1. The van der Waals surface area contributed by atoms with Crippen molar-refractivity contribution in [3.05, 3.63) is 29.3 Å². The zero-order valence-electron chi connectivity index (χ0n) is 14.8. The maximum atomic E-state index is 12.5. The highest BCUT2D eigenvalue weighted by Crippen LogP contribution is 2.15. The molecule has 0 bridgehead atoms. The van der Waals surface area contributed by atoms with E-state index < -0.39 is 28.0 Å². The van der Waals surface area contributed by atoms with Crippen molar-refractivity contribution in [2.24, 2.45) is 5.92 Å². The van der Waals surface area contributed by atoms with Gasteiger partial charge in [-0.15, -0.1) is 0 Å². The van der Waals surface area contributed by atoms with Crippen molar-refractivity contribution in [2.75, 3.05) is 16.8 Å². The number of carbonyl (C=O) groups excluding carboxylic acids is 2. The Bertz CT molecular complexity index is 750. The van der Waals surface area contributed by atoms with Crippen molar-refractivity contribution in [2.45, 2.75) is 38.8 Å². The number of hydrogen-bond acceptors (Lipinski definition) is 4. The second-order valence-corrected chi connectivity index (χ2v) is 9.56. The Morgan fingerprint density at radius 1 is 1.23 bits per heavy atom. The van der Waals surface area contributed by atoms with Gasteiger partial charge < -0.3 is 16.0 Å². The van der Waals surface area contributed by atoms with Gasteiger partial charge in [0, 0.05) is 16.8 Å². The molecule has 1 heterocycles. The highest BCUT2D eigenvalue weighted by molar-refractivity contribution is 7.91. The summed E-state index contributed by atoms with van der Waals surface area (Å²) < 4.78 is 23.0. The number of urea groups is 1. The van der Waals surface area contributed by atoms with Gasteiger partial charge in [-0.1, -0.05) is 25.4 Å². The Kier molecular flexibility index (Phi) is 6.88. The quantitative estimate of drug-likeness (QED) is 0.679. The van der Waals surface area contributed by atoms with Crippen molar-refractivity contribution in [3.63, 3.8) is 0 Å². The summed E-state index contributed by atoms with van der Waals surface area (Å²) in [4.78, 5) is 24.7. The summed E-state index contributed by atoms with van der Waals surface area (Å²) in [6.07, 6.45) is 0.845. The number of sulfone groups is 1. The molecule has 1 saturated heterocycles. The van der Waals surface area contributed by atoms with Crippen LogP contribution in [-0.2, 0) is 14.6 Å².